The van der Waals surface area contributed by atoms with E-state index in [1.54, 1.807) is 0 Å². The van der Waals surface area contributed by atoms with Crippen LogP contribution in [-0.2, 0) is 38.4 Å². The van der Waals surface area contributed by atoms with Crippen molar-refractivity contribution in [3.8, 4) is 11.8 Å². The number of benzene rings is 1. The van der Waals surface area contributed by atoms with Gasteiger partial charge in [-0.15, -0.1) is 0 Å². The molecular formula is C59H78N2O7. The molecule has 5 aliphatic carbocycles. The highest BCUT2D eigenvalue weighted by Gasteiger charge is 2.77. The molecule has 0 radical (unpaired) electrons. The first-order chi connectivity index (χ1) is 32.3. The maximum Gasteiger partial charge on any atom is 0.160 e. The quantitative estimate of drug-likeness (QED) is 0.117. The smallest absolute Gasteiger partial charge is 0.160 e. The van der Waals surface area contributed by atoms with Crippen LogP contribution in [0.3, 0.4) is 0 Å². The van der Waals surface area contributed by atoms with Crippen LogP contribution in [-0.4, -0.2) is 80.2 Å². The van der Waals surface area contributed by atoms with Gasteiger partial charge in [0.05, 0.1) is 28.8 Å². The SMILES string of the molecule is Cc1cc(Cc2c3n(c4cc[nH]c24)CC2C4=C(C(C)CC(O)C5OC5(C)C)C(=O)CC4(C)C4(C)CCC5C(C)(C6CCCC6)C(=O)CC(CCO)(C#CC3)C5(C)C4C2O)cc(C2CCOCC2)c1. The van der Waals surface area contributed by atoms with E-state index in [-0.39, 0.29) is 54.4 Å². The Balaban J connectivity index is 1.13. The predicted octanol–water partition coefficient (Wildman–Crippen LogP) is 9.73. The zero-order chi connectivity index (χ0) is 47.9. The minimum Gasteiger partial charge on any atom is -0.396 e. The van der Waals surface area contributed by atoms with Gasteiger partial charge in [-0.1, -0.05) is 83.1 Å². The Labute approximate surface area is 404 Å². The number of fused-ring (bicyclic) bond motifs is 7. The Hall–Kier alpha value is -3.52. The molecule has 3 aliphatic heterocycles. The minimum absolute atomic E-state index is 0.0481. The largest absolute Gasteiger partial charge is 0.396 e. The number of aryl methyl sites for hydroxylation is 1. The van der Waals surface area contributed by atoms with Gasteiger partial charge in [0.2, 0.25) is 0 Å². The number of Topliss-reactive ketones (excluding diaryl/α,β-unsaturated/α-hetero) is 2. The maximum absolute atomic E-state index is 15.4. The summed E-state index contributed by atoms with van der Waals surface area (Å²) in [5, 5.41) is 37.0. The second kappa shape index (κ2) is 16.3. The Morgan fingerprint density at radius 3 is 2.43 bits per heavy atom. The van der Waals surface area contributed by atoms with Crippen LogP contribution < -0.4 is 0 Å². The molecule has 366 valence electrons. The van der Waals surface area contributed by atoms with E-state index >= 15 is 9.59 Å². The predicted molar refractivity (Wildman–Crippen MR) is 264 cm³/mol. The van der Waals surface area contributed by atoms with E-state index in [9.17, 15) is 15.3 Å². The summed E-state index contributed by atoms with van der Waals surface area (Å²) in [6, 6.07) is 9.23. The van der Waals surface area contributed by atoms with Gasteiger partial charge in [0.15, 0.2) is 5.78 Å². The van der Waals surface area contributed by atoms with Crippen molar-refractivity contribution >= 4 is 22.6 Å². The molecule has 3 aromatic rings. The second-order valence-electron chi connectivity index (χ2n) is 25.0. The monoisotopic (exact) mass is 927 g/mol. The van der Waals surface area contributed by atoms with E-state index in [4.69, 9.17) is 9.47 Å². The number of ketones is 2. The molecule has 0 amide bonds. The lowest BCUT2D eigenvalue weighted by atomic mass is 9.29. The van der Waals surface area contributed by atoms with Gasteiger partial charge in [0.1, 0.15) is 11.9 Å². The minimum atomic E-state index is -0.894. The lowest BCUT2D eigenvalue weighted by Gasteiger charge is -2.74. The van der Waals surface area contributed by atoms with Gasteiger partial charge >= 0.3 is 0 Å². The van der Waals surface area contributed by atoms with E-state index in [1.165, 1.54) is 22.3 Å². The number of aromatic amines is 1. The number of nitrogens with one attached hydrogen (secondary N) is 1. The third-order valence-corrected chi connectivity index (χ3v) is 21.3. The van der Waals surface area contributed by atoms with E-state index < -0.39 is 50.8 Å². The fourth-order valence-electron chi connectivity index (χ4n) is 17.9. The van der Waals surface area contributed by atoms with Crippen LogP contribution in [0.5, 0.6) is 0 Å². The van der Waals surface area contributed by atoms with Crippen molar-refractivity contribution in [2.75, 3.05) is 19.8 Å². The van der Waals surface area contributed by atoms with Crippen LogP contribution in [0.15, 0.2) is 41.6 Å². The molecule has 5 heterocycles. The summed E-state index contributed by atoms with van der Waals surface area (Å²) in [5.41, 5.74) is 6.49. The molecule has 9 heteroatoms. The molecule has 0 spiro atoms. The summed E-state index contributed by atoms with van der Waals surface area (Å²) in [7, 11) is 0. The van der Waals surface area contributed by atoms with E-state index in [2.05, 4.69) is 87.2 Å². The molecule has 9 nitrogen and oxygen atoms in total. The molecule has 2 aromatic heterocycles. The summed E-state index contributed by atoms with van der Waals surface area (Å²) in [6.07, 6.45) is 10.7. The van der Waals surface area contributed by atoms with Crippen LogP contribution in [0.4, 0.5) is 0 Å². The number of carbonyl (C=O) groups is 2. The molecule has 12 unspecified atom stereocenters. The van der Waals surface area contributed by atoms with Crippen molar-refractivity contribution in [1.82, 2.24) is 9.55 Å². The summed E-state index contributed by atoms with van der Waals surface area (Å²) < 4.78 is 14.1. The Morgan fingerprint density at radius 1 is 0.985 bits per heavy atom. The number of allylic oxidation sites excluding steroid dienone is 1. The zero-order valence-electron chi connectivity index (χ0n) is 42.2. The van der Waals surface area contributed by atoms with E-state index in [1.807, 2.05) is 20.0 Å². The highest BCUT2D eigenvalue weighted by Crippen LogP contribution is 2.79. The van der Waals surface area contributed by atoms with Crippen LogP contribution in [0.2, 0.25) is 0 Å². The number of hydrogen-bond acceptors (Lipinski definition) is 7. The van der Waals surface area contributed by atoms with Gasteiger partial charge < -0.3 is 34.3 Å². The van der Waals surface area contributed by atoms with Gasteiger partial charge in [0.25, 0.3) is 0 Å². The summed E-state index contributed by atoms with van der Waals surface area (Å²) in [5.74, 6) is 7.87. The molecule has 8 aliphatic rings. The summed E-state index contributed by atoms with van der Waals surface area (Å²) in [6.45, 7) is 19.6. The molecule has 12 atom stereocenters. The standard InChI is InChI=1S/C59H78N2O7/c1-34-26-36(29-38(27-34)37-17-24-67-25-18-37)30-40-42-14-11-19-59(21-23-62)32-47(65)57(7,39-12-9-10-13-39)46-15-20-55(5)52(58(46,59)8)51(66)41(33-61(42)43-16-22-60-50(40)43)49-48(45(64)31-56(49,55)6)35(2)28-44(63)53-54(3,4)68-53/h16,22,26-27,29,35,37,39,41,44,46,51-53,60,62-63,66H,9-10,12-15,17-18,20-21,23-25,28,30-33H2,1-8H3. The summed E-state index contributed by atoms with van der Waals surface area (Å²) >= 11 is 0. The molecule has 68 heavy (non-hydrogen) atoms. The topological polar surface area (TPSA) is 137 Å². The fraction of sp³-hybridized carbons (Fsp3) is 0.695. The van der Waals surface area contributed by atoms with Crippen molar-refractivity contribution in [1.29, 1.82) is 0 Å². The molecule has 4 saturated carbocycles. The molecule has 11 rings (SSSR count). The van der Waals surface area contributed by atoms with Crippen LogP contribution in [0.25, 0.3) is 11.0 Å². The highest BCUT2D eigenvalue weighted by atomic mass is 16.6. The second-order valence-corrected chi connectivity index (χ2v) is 25.0. The lowest BCUT2D eigenvalue weighted by Crippen LogP contribution is -2.73. The third-order valence-electron chi connectivity index (χ3n) is 21.3. The first-order valence-corrected chi connectivity index (χ1v) is 26.6. The third kappa shape index (κ3) is 6.58. The van der Waals surface area contributed by atoms with Crippen LogP contribution >= 0.6 is 0 Å². The van der Waals surface area contributed by atoms with Crippen LogP contribution in [0, 0.1) is 75.4 Å². The number of H-pyrrole nitrogens is 1. The Morgan fingerprint density at radius 2 is 1.72 bits per heavy atom. The lowest BCUT2D eigenvalue weighted by molar-refractivity contribution is -0.257. The molecule has 4 N–H and O–H groups in total. The van der Waals surface area contributed by atoms with Crippen LogP contribution in [0.1, 0.15) is 159 Å². The van der Waals surface area contributed by atoms with Crippen molar-refractivity contribution in [2.24, 2.45) is 56.7 Å². The van der Waals surface area contributed by atoms with Gasteiger partial charge in [-0.25, -0.2) is 0 Å². The number of hydrogen-bond donors (Lipinski definition) is 4. The van der Waals surface area contributed by atoms with Crippen molar-refractivity contribution < 1.29 is 34.4 Å². The average molecular weight is 927 g/mol. The number of aliphatic hydroxyl groups excluding tert-OH is 3. The van der Waals surface area contributed by atoms with Gasteiger partial charge in [-0.3, -0.25) is 9.59 Å². The Kier molecular flexibility index (Phi) is 11.2. The number of nitrogens with zero attached hydrogens (tertiary/aromatic N) is 1. The molecule has 6 fully saturated rings. The fourth-order valence-corrected chi connectivity index (χ4v) is 17.9. The first kappa shape index (κ1) is 46.8. The number of ether oxygens (including phenoxy) is 2. The van der Waals surface area contributed by atoms with Gasteiger partial charge in [0, 0.05) is 91.7 Å². The summed E-state index contributed by atoms with van der Waals surface area (Å²) in [4.78, 5) is 34.3. The van der Waals surface area contributed by atoms with Gasteiger partial charge in [-0.2, -0.15) is 0 Å². The number of aliphatic hydroxyl groups is 3. The molecule has 1 aromatic carbocycles. The van der Waals surface area contributed by atoms with Gasteiger partial charge in [-0.05, 0) is 141 Å². The number of rotatable bonds is 10. The first-order valence-electron chi connectivity index (χ1n) is 26.6. The highest BCUT2D eigenvalue weighted by molar-refractivity contribution is 6.01. The number of carbonyl (C=O) groups excluding carboxylic acids is 2. The molecule has 2 bridgehead atoms. The maximum atomic E-state index is 15.4. The van der Waals surface area contributed by atoms with Crippen molar-refractivity contribution in [3.05, 3.63) is 69.6 Å². The molecule has 2 saturated heterocycles. The van der Waals surface area contributed by atoms with E-state index in [0.29, 0.717) is 44.6 Å². The normalized spacial score (nSPS) is 38.7. The zero-order valence-corrected chi connectivity index (χ0v) is 42.2. The number of epoxide rings is 1. The average Bonchev–Trinajstić information content (AvgIpc) is 3.84. The Bertz CT molecular complexity index is 2630. The van der Waals surface area contributed by atoms with E-state index in [0.717, 1.165) is 92.5 Å². The van der Waals surface area contributed by atoms with Crippen molar-refractivity contribution in [2.45, 2.75) is 182 Å². The van der Waals surface area contributed by atoms with Crippen molar-refractivity contribution in [3.63, 3.8) is 0 Å². The number of aromatic nitrogens is 2. The molecular weight excluding hydrogens is 849 g/mol.